The minimum absolute atomic E-state index is 0.232. The maximum Gasteiger partial charge on any atom is 0.329 e. The molecule has 2 aliphatic heterocycles. The van der Waals surface area contributed by atoms with Crippen LogP contribution in [0.25, 0.3) is 0 Å². The van der Waals surface area contributed by atoms with E-state index in [1.807, 2.05) is 0 Å². The van der Waals surface area contributed by atoms with Crippen molar-refractivity contribution in [3.8, 4) is 0 Å². The Morgan fingerprint density at radius 1 is 0.938 bits per heavy atom. The van der Waals surface area contributed by atoms with Crippen molar-refractivity contribution in [1.29, 1.82) is 0 Å². The fourth-order valence-corrected chi connectivity index (χ4v) is 3.72. The van der Waals surface area contributed by atoms with E-state index in [-0.39, 0.29) is 35.9 Å². The van der Waals surface area contributed by atoms with Gasteiger partial charge in [-0.25, -0.2) is 4.79 Å². The van der Waals surface area contributed by atoms with Gasteiger partial charge in [0.1, 0.15) is 6.04 Å². The van der Waals surface area contributed by atoms with Gasteiger partial charge in [0.15, 0.2) is 12.4 Å². The van der Waals surface area contributed by atoms with Crippen molar-refractivity contribution >= 4 is 29.6 Å². The summed E-state index contributed by atoms with van der Waals surface area (Å²) in [5.41, 5.74) is 0.463. The molecule has 2 aromatic rings. The molecule has 10 nitrogen and oxygen atoms in total. The minimum Gasteiger partial charge on any atom is -0.459 e. The van der Waals surface area contributed by atoms with Gasteiger partial charge in [0, 0.05) is 26.2 Å². The second kappa shape index (κ2) is 8.66. The lowest BCUT2D eigenvalue weighted by atomic mass is 10.1. The van der Waals surface area contributed by atoms with E-state index >= 15 is 0 Å². The number of benzene rings is 1. The van der Waals surface area contributed by atoms with Crippen molar-refractivity contribution in [2.24, 2.45) is 0 Å². The molecule has 0 radical (unpaired) electrons. The number of esters is 1. The van der Waals surface area contributed by atoms with Crippen molar-refractivity contribution in [1.82, 2.24) is 14.7 Å². The summed E-state index contributed by atoms with van der Waals surface area (Å²) in [6.07, 6.45) is 1.42. The summed E-state index contributed by atoms with van der Waals surface area (Å²) < 4.78 is 10.2. The van der Waals surface area contributed by atoms with Crippen LogP contribution in [0.15, 0.2) is 47.1 Å². The van der Waals surface area contributed by atoms with Crippen LogP contribution in [0.1, 0.15) is 38.2 Å². The Balaban J connectivity index is 1.27. The van der Waals surface area contributed by atoms with Gasteiger partial charge in [-0.3, -0.25) is 24.1 Å². The van der Waals surface area contributed by atoms with Crippen molar-refractivity contribution in [3.63, 3.8) is 0 Å². The predicted octanol–water partition coefficient (Wildman–Crippen LogP) is 0.792. The second-order valence-electron chi connectivity index (χ2n) is 7.46. The Morgan fingerprint density at radius 3 is 2.09 bits per heavy atom. The van der Waals surface area contributed by atoms with Crippen LogP contribution >= 0.6 is 0 Å². The number of hydrogen-bond acceptors (Lipinski definition) is 7. The van der Waals surface area contributed by atoms with Gasteiger partial charge in [0.25, 0.3) is 23.6 Å². The summed E-state index contributed by atoms with van der Waals surface area (Å²) >= 11 is 0. The molecule has 166 valence electrons. The van der Waals surface area contributed by atoms with Gasteiger partial charge >= 0.3 is 5.97 Å². The second-order valence-corrected chi connectivity index (χ2v) is 7.46. The smallest absolute Gasteiger partial charge is 0.329 e. The summed E-state index contributed by atoms with van der Waals surface area (Å²) in [5, 5.41) is 0. The van der Waals surface area contributed by atoms with Crippen LogP contribution in [-0.2, 0) is 14.3 Å². The van der Waals surface area contributed by atoms with Crippen LogP contribution in [0.3, 0.4) is 0 Å². The van der Waals surface area contributed by atoms with Gasteiger partial charge in [-0.2, -0.15) is 0 Å². The molecule has 10 heteroatoms. The molecule has 0 aliphatic carbocycles. The van der Waals surface area contributed by atoms with Crippen LogP contribution in [0.2, 0.25) is 0 Å². The number of fused-ring (bicyclic) bond motifs is 1. The zero-order valence-corrected chi connectivity index (χ0v) is 17.4. The molecule has 1 unspecified atom stereocenters. The zero-order valence-electron chi connectivity index (χ0n) is 17.4. The summed E-state index contributed by atoms with van der Waals surface area (Å²) in [6, 6.07) is 8.35. The molecule has 3 heterocycles. The molecule has 2 aliphatic rings. The van der Waals surface area contributed by atoms with Gasteiger partial charge in [0.05, 0.1) is 17.4 Å². The molecule has 1 saturated heterocycles. The van der Waals surface area contributed by atoms with Gasteiger partial charge < -0.3 is 19.0 Å². The van der Waals surface area contributed by atoms with Crippen LogP contribution in [0.4, 0.5) is 0 Å². The molecule has 4 rings (SSSR count). The number of ether oxygens (including phenoxy) is 1. The number of rotatable bonds is 5. The van der Waals surface area contributed by atoms with Crippen LogP contribution < -0.4 is 0 Å². The van der Waals surface area contributed by atoms with Gasteiger partial charge in [0.2, 0.25) is 0 Å². The lowest BCUT2D eigenvalue weighted by molar-refractivity contribution is -0.155. The predicted molar refractivity (Wildman–Crippen MR) is 109 cm³/mol. The van der Waals surface area contributed by atoms with E-state index in [0.29, 0.717) is 13.1 Å². The van der Waals surface area contributed by atoms with Crippen molar-refractivity contribution in [2.75, 3.05) is 32.8 Å². The molecule has 1 atom stereocenters. The van der Waals surface area contributed by atoms with Crippen molar-refractivity contribution in [2.45, 2.75) is 13.0 Å². The highest BCUT2D eigenvalue weighted by molar-refractivity contribution is 6.22. The highest BCUT2D eigenvalue weighted by Crippen LogP contribution is 2.24. The van der Waals surface area contributed by atoms with E-state index in [2.05, 4.69) is 0 Å². The number of piperazine rings is 1. The number of amides is 4. The number of furan rings is 1. The molecule has 1 aromatic heterocycles. The number of hydrogen-bond donors (Lipinski definition) is 0. The van der Waals surface area contributed by atoms with Gasteiger partial charge in [-0.05, 0) is 31.2 Å². The first kappa shape index (κ1) is 21.3. The molecule has 0 spiro atoms. The van der Waals surface area contributed by atoms with E-state index < -0.39 is 36.3 Å². The van der Waals surface area contributed by atoms with Crippen LogP contribution in [-0.4, -0.2) is 83.1 Å². The third-order valence-electron chi connectivity index (χ3n) is 5.54. The van der Waals surface area contributed by atoms with E-state index in [1.165, 1.54) is 30.2 Å². The van der Waals surface area contributed by atoms with Crippen molar-refractivity contribution in [3.05, 3.63) is 59.5 Å². The average molecular weight is 439 g/mol. The van der Waals surface area contributed by atoms with E-state index in [1.54, 1.807) is 29.2 Å². The SMILES string of the molecule is CC(C(=O)OCC(=O)N1CCN(C(=O)c2ccco2)CC1)N1C(=O)c2ccccc2C1=O. The number of nitrogens with zero attached hydrogens (tertiary/aromatic N) is 3. The highest BCUT2D eigenvalue weighted by Gasteiger charge is 2.41. The fourth-order valence-electron chi connectivity index (χ4n) is 3.72. The topological polar surface area (TPSA) is 117 Å². The first-order valence-corrected chi connectivity index (χ1v) is 10.1. The fraction of sp³-hybridized carbons (Fsp3) is 0.318. The summed E-state index contributed by atoms with van der Waals surface area (Å²) in [5.74, 6) is -2.42. The third-order valence-corrected chi connectivity index (χ3v) is 5.54. The minimum atomic E-state index is -1.17. The lowest BCUT2D eigenvalue weighted by Gasteiger charge is -2.34. The van der Waals surface area contributed by atoms with Crippen molar-refractivity contribution < 1.29 is 33.1 Å². The number of carbonyl (C=O) groups is 5. The quantitative estimate of drug-likeness (QED) is 0.499. The molecule has 1 aromatic carbocycles. The maximum absolute atomic E-state index is 12.5. The Labute approximate surface area is 183 Å². The average Bonchev–Trinajstić information content (AvgIpc) is 3.44. The summed E-state index contributed by atoms with van der Waals surface area (Å²) in [6.45, 7) is 2.09. The first-order chi connectivity index (χ1) is 15.4. The Bertz CT molecular complexity index is 1040. The summed E-state index contributed by atoms with van der Waals surface area (Å²) in [4.78, 5) is 66.1. The monoisotopic (exact) mass is 439 g/mol. The van der Waals surface area contributed by atoms with E-state index in [4.69, 9.17) is 9.15 Å². The molecule has 0 bridgehead atoms. The molecule has 0 N–H and O–H groups in total. The largest absolute Gasteiger partial charge is 0.459 e. The molecule has 32 heavy (non-hydrogen) atoms. The molecular weight excluding hydrogens is 418 g/mol. The van der Waals surface area contributed by atoms with Crippen LogP contribution in [0, 0.1) is 0 Å². The lowest BCUT2D eigenvalue weighted by Crippen LogP contribution is -2.51. The Hall–Kier alpha value is -3.95. The number of carbonyl (C=O) groups excluding carboxylic acids is 5. The van der Waals surface area contributed by atoms with Crippen LogP contribution in [0.5, 0.6) is 0 Å². The highest BCUT2D eigenvalue weighted by atomic mass is 16.5. The molecule has 1 fully saturated rings. The molecular formula is C22H21N3O7. The standard InChI is InChI=1S/C22H21N3O7/c1-14(25-19(27)15-5-2-3-6-16(15)20(25)28)22(30)32-13-18(26)23-8-10-24(11-9-23)21(29)17-7-4-12-31-17/h2-7,12,14H,8-11,13H2,1H3. The Morgan fingerprint density at radius 2 is 1.53 bits per heavy atom. The zero-order chi connectivity index (χ0) is 22.8. The maximum atomic E-state index is 12.5. The normalized spacial score (nSPS) is 16.7. The molecule has 0 saturated carbocycles. The van der Waals surface area contributed by atoms with E-state index in [9.17, 15) is 24.0 Å². The van der Waals surface area contributed by atoms with Gasteiger partial charge in [-0.15, -0.1) is 0 Å². The van der Waals surface area contributed by atoms with E-state index in [0.717, 1.165) is 4.90 Å². The number of imide groups is 1. The Kier molecular flexibility index (Phi) is 5.76. The van der Waals surface area contributed by atoms with Gasteiger partial charge in [-0.1, -0.05) is 12.1 Å². The summed E-state index contributed by atoms with van der Waals surface area (Å²) in [7, 11) is 0. The molecule has 4 amide bonds. The first-order valence-electron chi connectivity index (χ1n) is 10.1. The third kappa shape index (κ3) is 3.86.